The number of hydrogen-bond acceptors (Lipinski definition) is 2. The van der Waals surface area contributed by atoms with Crippen LogP contribution in [0.3, 0.4) is 0 Å². The summed E-state index contributed by atoms with van der Waals surface area (Å²) in [4.78, 5) is 22.9. The van der Waals surface area contributed by atoms with Gasteiger partial charge in [0, 0.05) is 12.5 Å². The molecule has 2 fully saturated rings. The van der Waals surface area contributed by atoms with Gasteiger partial charge in [-0.2, -0.15) is 0 Å². The number of nitrogens with one attached hydrogen (secondary N) is 2. The van der Waals surface area contributed by atoms with E-state index in [0.717, 1.165) is 6.42 Å². The van der Waals surface area contributed by atoms with Crippen molar-refractivity contribution in [1.82, 2.24) is 10.6 Å². The first-order chi connectivity index (χ1) is 7.66. The van der Waals surface area contributed by atoms with Gasteiger partial charge in [-0.15, -0.1) is 0 Å². The Bertz CT molecular complexity index is 291. The molecule has 0 unspecified atom stereocenters. The molecule has 1 heterocycles. The molecule has 2 amide bonds. The van der Waals surface area contributed by atoms with E-state index in [4.69, 9.17) is 0 Å². The Morgan fingerprint density at radius 3 is 2.69 bits per heavy atom. The molecule has 2 aliphatic rings. The molecule has 2 N–H and O–H groups in total. The highest BCUT2D eigenvalue weighted by Crippen LogP contribution is 2.24. The van der Waals surface area contributed by atoms with Crippen molar-refractivity contribution in [3.63, 3.8) is 0 Å². The van der Waals surface area contributed by atoms with Gasteiger partial charge in [0.05, 0.1) is 0 Å². The van der Waals surface area contributed by atoms with Crippen LogP contribution in [-0.2, 0) is 9.59 Å². The molecule has 0 aromatic heterocycles. The highest BCUT2D eigenvalue weighted by molar-refractivity contribution is 5.90. The lowest BCUT2D eigenvalue weighted by Crippen LogP contribution is -2.48. The average molecular weight is 224 g/mol. The minimum absolute atomic E-state index is 0.00292. The second kappa shape index (κ2) is 4.85. The quantitative estimate of drug-likeness (QED) is 0.734. The third-order valence-electron chi connectivity index (χ3n) is 3.75. The summed E-state index contributed by atoms with van der Waals surface area (Å²) in [6, 6.07) is 0.0142. The molecule has 0 aromatic rings. The highest BCUT2D eigenvalue weighted by atomic mass is 16.2. The smallest absolute Gasteiger partial charge is 0.242 e. The molecular formula is C12H20N2O2. The number of rotatable bonds is 2. The molecule has 0 bridgehead atoms. The molecule has 1 saturated heterocycles. The largest absolute Gasteiger partial charge is 0.351 e. The van der Waals surface area contributed by atoms with Crippen LogP contribution >= 0.6 is 0 Å². The summed E-state index contributed by atoms with van der Waals surface area (Å²) in [5, 5.41) is 5.78. The van der Waals surface area contributed by atoms with Crippen LogP contribution in [0.5, 0.6) is 0 Å². The first-order valence-electron chi connectivity index (χ1n) is 6.26. The van der Waals surface area contributed by atoms with E-state index in [2.05, 4.69) is 17.6 Å². The summed E-state index contributed by atoms with van der Waals surface area (Å²) in [7, 11) is 0. The molecule has 2 rings (SSSR count). The summed E-state index contributed by atoms with van der Waals surface area (Å²) in [6.45, 7) is 2.19. The van der Waals surface area contributed by atoms with E-state index in [1.807, 2.05) is 0 Å². The minimum atomic E-state index is -0.290. The lowest BCUT2D eigenvalue weighted by Gasteiger charge is -2.30. The summed E-state index contributed by atoms with van der Waals surface area (Å²) in [6.07, 6.45) is 5.87. The first-order valence-corrected chi connectivity index (χ1v) is 6.26. The minimum Gasteiger partial charge on any atom is -0.351 e. The molecule has 90 valence electrons. The summed E-state index contributed by atoms with van der Waals surface area (Å²) in [5.41, 5.74) is 0. The SMILES string of the molecule is C[C@@H]1CCCC[C@H]1NC(=O)[C@H]1CCC(=O)N1. The van der Waals surface area contributed by atoms with Gasteiger partial charge in [-0.3, -0.25) is 9.59 Å². The molecule has 4 nitrogen and oxygen atoms in total. The van der Waals surface area contributed by atoms with Crippen molar-refractivity contribution < 1.29 is 9.59 Å². The zero-order chi connectivity index (χ0) is 11.5. The van der Waals surface area contributed by atoms with E-state index < -0.39 is 0 Å². The van der Waals surface area contributed by atoms with Gasteiger partial charge in [0.2, 0.25) is 11.8 Å². The Morgan fingerprint density at radius 2 is 2.06 bits per heavy atom. The Morgan fingerprint density at radius 1 is 1.31 bits per heavy atom. The predicted octanol–water partition coefficient (Wildman–Crippen LogP) is 0.960. The maximum Gasteiger partial charge on any atom is 0.242 e. The molecule has 3 atom stereocenters. The topological polar surface area (TPSA) is 58.2 Å². The maximum absolute atomic E-state index is 11.9. The van der Waals surface area contributed by atoms with Crippen molar-refractivity contribution >= 4 is 11.8 Å². The van der Waals surface area contributed by atoms with Gasteiger partial charge in [0.1, 0.15) is 6.04 Å². The van der Waals surface area contributed by atoms with Gasteiger partial charge in [0.15, 0.2) is 0 Å². The zero-order valence-electron chi connectivity index (χ0n) is 9.79. The normalized spacial score (nSPS) is 34.6. The van der Waals surface area contributed by atoms with Crippen molar-refractivity contribution in [2.24, 2.45) is 5.92 Å². The van der Waals surface area contributed by atoms with Crippen molar-refractivity contribution in [2.45, 2.75) is 57.5 Å². The average Bonchev–Trinajstić information content (AvgIpc) is 2.68. The van der Waals surface area contributed by atoms with Gasteiger partial charge < -0.3 is 10.6 Å². The van der Waals surface area contributed by atoms with Crippen LogP contribution < -0.4 is 10.6 Å². The summed E-state index contributed by atoms with van der Waals surface area (Å²) >= 11 is 0. The third-order valence-corrected chi connectivity index (χ3v) is 3.75. The molecule has 1 aliphatic heterocycles. The van der Waals surface area contributed by atoms with Crippen LogP contribution in [0.1, 0.15) is 45.4 Å². The van der Waals surface area contributed by atoms with Gasteiger partial charge in [0.25, 0.3) is 0 Å². The number of hydrogen-bond donors (Lipinski definition) is 2. The summed E-state index contributed by atoms with van der Waals surface area (Å²) < 4.78 is 0. The van der Waals surface area contributed by atoms with Gasteiger partial charge in [-0.25, -0.2) is 0 Å². The van der Waals surface area contributed by atoms with Crippen molar-refractivity contribution in [1.29, 1.82) is 0 Å². The Hall–Kier alpha value is -1.06. The van der Waals surface area contributed by atoms with E-state index in [-0.39, 0.29) is 17.9 Å². The predicted molar refractivity (Wildman–Crippen MR) is 60.7 cm³/mol. The van der Waals surface area contributed by atoms with E-state index in [1.54, 1.807) is 0 Å². The van der Waals surface area contributed by atoms with Crippen LogP contribution in [0.25, 0.3) is 0 Å². The number of carbonyl (C=O) groups excluding carboxylic acids is 2. The summed E-state index contributed by atoms with van der Waals surface area (Å²) in [5.74, 6) is 0.566. The van der Waals surface area contributed by atoms with Crippen molar-refractivity contribution in [2.75, 3.05) is 0 Å². The van der Waals surface area contributed by atoms with E-state index >= 15 is 0 Å². The third kappa shape index (κ3) is 2.54. The Balaban J connectivity index is 1.84. The van der Waals surface area contributed by atoms with E-state index in [0.29, 0.717) is 24.8 Å². The standard InChI is InChI=1S/C12H20N2O2/c1-8-4-2-3-5-9(8)14-12(16)10-6-7-11(15)13-10/h8-10H,2-7H2,1H3,(H,13,15)(H,14,16)/t8-,9-,10-/m1/s1. The monoisotopic (exact) mass is 224 g/mol. The van der Waals surface area contributed by atoms with Crippen LogP contribution in [0.15, 0.2) is 0 Å². The fraction of sp³-hybridized carbons (Fsp3) is 0.833. The lowest BCUT2D eigenvalue weighted by molar-refractivity contribution is -0.126. The molecular weight excluding hydrogens is 204 g/mol. The van der Waals surface area contributed by atoms with Crippen LogP contribution in [-0.4, -0.2) is 23.9 Å². The van der Waals surface area contributed by atoms with Gasteiger partial charge in [-0.1, -0.05) is 19.8 Å². The van der Waals surface area contributed by atoms with E-state index in [1.165, 1.54) is 19.3 Å². The molecule has 0 aromatic carbocycles. The molecule has 4 heteroatoms. The van der Waals surface area contributed by atoms with Gasteiger partial charge >= 0.3 is 0 Å². The second-order valence-corrected chi connectivity index (χ2v) is 5.04. The molecule has 16 heavy (non-hydrogen) atoms. The van der Waals surface area contributed by atoms with Crippen molar-refractivity contribution in [3.05, 3.63) is 0 Å². The first kappa shape index (κ1) is 11.4. The maximum atomic E-state index is 11.9. The van der Waals surface area contributed by atoms with Gasteiger partial charge in [-0.05, 0) is 25.2 Å². The molecule has 1 aliphatic carbocycles. The zero-order valence-corrected chi connectivity index (χ0v) is 9.79. The van der Waals surface area contributed by atoms with Crippen LogP contribution in [0.4, 0.5) is 0 Å². The molecule has 1 saturated carbocycles. The number of carbonyl (C=O) groups is 2. The lowest BCUT2D eigenvalue weighted by atomic mass is 9.86. The van der Waals surface area contributed by atoms with Crippen LogP contribution in [0, 0.1) is 5.92 Å². The highest BCUT2D eigenvalue weighted by Gasteiger charge is 2.30. The Kier molecular flexibility index (Phi) is 3.46. The fourth-order valence-electron chi connectivity index (χ4n) is 2.62. The van der Waals surface area contributed by atoms with Crippen LogP contribution in [0.2, 0.25) is 0 Å². The van der Waals surface area contributed by atoms with E-state index in [9.17, 15) is 9.59 Å². The molecule has 0 spiro atoms. The number of amides is 2. The second-order valence-electron chi connectivity index (χ2n) is 5.04. The Labute approximate surface area is 96.2 Å². The fourth-order valence-corrected chi connectivity index (χ4v) is 2.62. The molecule has 0 radical (unpaired) electrons. The van der Waals surface area contributed by atoms with Crippen molar-refractivity contribution in [3.8, 4) is 0 Å².